The first kappa shape index (κ1) is 12.9. The van der Waals surface area contributed by atoms with Crippen LogP contribution in [0.2, 0.25) is 0 Å². The quantitative estimate of drug-likeness (QED) is 0.339. The zero-order chi connectivity index (χ0) is 12.7. The Bertz CT molecular complexity index is 441. The van der Waals surface area contributed by atoms with Crippen molar-refractivity contribution in [2.75, 3.05) is 14.2 Å². The molecule has 17 heavy (non-hydrogen) atoms. The lowest BCUT2D eigenvalue weighted by atomic mass is 10.1. The van der Waals surface area contributed by atoms with E-state index >= 15 is 0 Å². The summed E-state index contributed by atoms with van der Waals surface area (Å²) in [5.41, 5.74) is 9.19. The van der Waals surface area contributed by atoms with Gasteiger partial charge in [0.05, 0.1) is 14.2 Å². The number of hydrogen-bond acceptors (Lipinski definition) is 4. The summed E-state index contributed by atoms with van der Waals surface area (Å²) in [6.07, 6.45) is 0.251. The maximum Gasteiger partial charge on any atom is 0.314 e. The number of azide groups is 1. The molecule has 0 heterocycles. The van der Waals surface area contributed by atoms with E-state index in [0.717, 1.165) is 5.56 Å². The molecule has 0 N–H and O–H groups in total. The number of nitrogens with zero attached hydrogens (tertiary/aromatic N) is 3. The van der Waals surface area contributed by atoms with Crippen LogP contribution in [0.15, 0.2) is 29.4 Å². The van der Waals surface area contributed by atoms with E-state index in [1.54, 1.807) is 13.2 Å². The number of carbonyl (C=O) groups excluding carboxylic acids is 1. The highest BCUT2D eigenvalue weighted by Crippen LogP contribution is 2.20. The second-order valence-electron chi connectivity index (χ2n) is 3.26. The average molecular weight is 235 g/mol. The van der Waals surface area contributed by atoms with Crippen LogP contribution in [0.1, 0.15) is 5.56 Å². The van der Waals surface area contributed by atoms with Crippen LogP contribution in [0.5, 0.6) is 5.75 Å². The van der Waals surface area contributed by atoms with Crippen molar-refractivity contribution < 1.29 is 14.3 Å². The predicted octanol–water partition coefficient (Wildman–Crippen LogP) is 2.09. The molecule has 1 aromatic carbocycles. The first-order chi connectivity index (χ1) is 8.22. The number of hydrogen-bond donors (Lipinski definition) is 0. The fourth-order valence-electron chi connectivity index (χ4n) is 1.45. The Hall–Kier alpha value is -2.20. The number of rotatable bonds is 5. The normalized spacial score (nSPS) is 11.2. The van der Waals surface area contributed by atoms with Gasteiger partial charge in [-0.3, -0.25) is 4.79 Å². The molecular weight excluding hydrogens is 222 g/mol. The molecule has 0 amide bonds. The van der Waals surface area contributed by atoms with Gasteiger partial charge in [-0.25, -0.2) is 0 Å². The molecule has 0 aliphatic carbocycles. The van der Waals surface area contributed by atoms with Crippen molar-refractivity contribution in [3.05, 3.63) is 40.3 Å². The molecule has 1 unspecified atom stereocenters. The van der Waals surface area contributed by atoms with Gasteiger partial charge >= 0.3 is 5.97 Å². The number of carbonyl (C=O) groups is 1. The molecule has 1 aromatic rings. The van der Waals surface area contributed by atoms with E-state index in [1.807, 2.05) is 18.2 Å². The van der Waals surface area contributed by atoms with Gasteiger partial charge in [-0.05, 0) is 23.6 Å². The Morgan fingerprint density at radius 1 is 1.47 bits per heavy atom. The van der Waals surface area contributed by atoms with Gasteiger partial charge in [-0.2, -0.15) is 0 Å². The van der Waals surface area contributed by atoms with Gasteiger partial charge < -0.3 is 9.47 Å². The lowest BCUT2D eigenvalue weighted by Gasteiger charge is -2.11. The van der Waals surface area contributed by atoms with Crippen LogP contribution in [0.25, 0.3) is 10.4 Å². The first-order valence-electron chi connectivity index (χ1n) is 4.96. The first-order valence-corrected chi connectivity index (χ1v) is 4.96. The van der Waals surface area contributed by atoms with Crippen LogP contribution < -0.4 is 4.74 Å². The zero-order valence-corrected chi connectivity index (χ0v) is 9.66. The monoisotopic (exact) mass is 235 g/mol. The second-order valence-corrected chi connectivity index (χ2v) is 3.26. The van der Waals surface area contributed by atoms with E-state index in [4.69, 9.17) is 10.3 Å². The highest BCUT2D eigenvalue weighted by Gasteiger charge is 2.19. The average Bonchev–Trinajstić information content (AvgIpc) is 2.38. The molecular formula is C11H13N3O3. The van der Waals surface area contributed by atoms with Crippen LogP contribution in [-0.4, -0.2) is 26.2 Å². The van der Waals surface area contributed by atoms with Gasteiger partial charge in [-0.1, -0.05) is 23.3 Å². The van der Waals surface area contributed by atoms with Crippen molar-refractivity contribution in [2.45, 2.75) is 12.5 Å². The summed E-state index contributed by atoms with van der Waals surface area (Å²) in [4.78, 5) is 14.0. The van der Waals surface area contributed by atoms with Crippen molar-refractivity contribution in [2.24, 2.45) is 5.11 Å². The van der Waals surface area contributed by atoms with E-state index in [1.165, 1.54) is 7.11 Å². The minimum atomic E-state index is -0.874. The molecule has 1 rings (SSSR count). The Kier molecular flexibility index (Phi) is 4.84. The smallest absolute Gasteiger partial charge is 0.314 e. The van der Waals surface area contributed by atoms with Crippen LogP contribution in [0.3, 0.4) is 0 Å². The van der Waals surface area contributed by atoms with Gasteiger partial charge in [0.2, 0.25) is 0 Å². The standard InChI is InChI=1S/C11H13N3O3/c1-16-10-6-4-3-5-8(10)7-9(13-14-12)11(15)17-2/h3-6,9H,7H2,1-2H3. The van der Waals surface area contributed by atoms with Gasteiger partial charge in [0.25, 0.3) is 0 Å². The third-order valence-corrected chi connectivity index (χ3v) is 2.27. The number of ether oxygens (including phenoxy) is 2. The van der Waals surface area contributed by atoms with Crippen LogP contribution in [0, 0.1) is 0 Å². The Labute approximate surface area is 98.8 Å². The largest absolute Gasteiger partial charge is 0.496 e. The Morgan fingerprint density at radius 2 is 2.18 bits per heavy atom. The fraction of sp³-hybridized carbons (Fsp3) is 0.364. The van der Waals surface area contributed by atoms with Crippen LogP contribution in [0.4, 0.5) is 0 Å². The lowest BCUT2D eigenvalue weighted by molar-refractivity contribution is -0.142. The molecule has 0 aliphatic rings. The van der Waals surface area contributed by atoms with E-state index in [0.29, 0.717) is 5.75 Å². The molecule has 90 valence electrons. The molecule has 0 fully saturated rings. The van der Waals surface area contributed by atoms with Gasteiger partial charge in [0, 0.05) is 4.91 Å². The maximum atomic E-state index is 11.4. The molecule has 1 atom stereocenters. The summed E-state index contributed by atoms with van der Waals surface area (Å²) in [5, 5.41) is 3.42. The van der Waals surface area contributed by atoms with Crippen LogP contribution in [-0.2, 0) is 16.0 Å². The number of methoxy groups -OCH3 is 2. The Morgan fingerprint density at radius 3 is 2.76 bits per heavy atom. The molecule has 0 aliphatic heterocycles. The minimum Gasteiger partial charge on any atom is -0.496 e. The third kappa shape index (κ3) is 3.39. The topological polar surface area (TPSA) is 84.3 Å². The summed E-state index contributed by atoms with van der Waals surface area (Å²) < 4.78 is 9.72. The van der Waals surface area contributed by atoms with Crippen molar-refractivity contribution in [3.63, 3.8) is 0 Å². The van der Waals surface area contributed by atoms with Gasteiger partial charge in [-0.15, -0.1) is 0 Å². The summed E-state index contributed by atoms with van der Waals surface area (Å²) >= 11 is 0. The minimum absolute atomic E-state index is 0.251. The van der Waals surface area contributed by atoms with E-state index in [2.05, 4.69) is 14.8 Å². The molecule has 0 radical (unpaired) electrons. The Balaban J connectivity index is 2.93. The predicted molar refractivity (Wildman–Crippen MR) is 61.6 cm³/mol. The highest BCUT2D eigenvalue weighted by molar-refractivity contribution is 5.76. The molecule has 0 saturated heterocycles. The molecule has 6 nitrogen and oxygen atoms in total. The summed E-state index contributed by atoms with van der Waals surface area (Å²) in [6, 6.07) is 6.36. The zero-order valence-electron chi connectivity index (χ0n) is 9.66. The number of para-hydroxylation sites is 1. The number of benzene rings is 1. The molecule has 0 spiro atoms. The van der Waals surface area contributed by atoms with Crippen molar-refractivity contribution >= 4 is 5.97 Å². The molecule has 0 aromatic heterocycles. The lowest BCUT2D eigenvalue weighted by Crippen LogP contribution is -2.22. The van der Waals surface area contributed by atoms with Crippen molar-refractivity contribution in [1.82, 2.24) is 0 Å². The highest BCUT2D eigenvalue weighted by atomic mass is 16.5. The van der Waals surface area contributed by atoms with E-state index < -0.39 is 12.0 Å². The summed E-state index contributed by atoms with van der Waals surface area (Å²) in [6.45, 7) is 0. The summed E-state index contributed by atoms with van der Waals surface area (Å²) in [5.74, 6) is 0.0863. The van der Waals surface area contributed by atoms with Crippen molar-refractivity contribution in [1.29, 1.82) is 0 Å². The second kappa shape index (κ2) is 6.40. The van der Waals surface area contributed by atoms with Gasteiger partial charge in [0.1, 0.15) is 11.8 Å². The fourth-order valence-corrected chi connectivity index (χ4v) is 1.45. The van der Waals surface area contributed by atoms with Gasteiger partial charge in [0.15, 0.2) is 0 Å². The molecule has 0 bridgehead atoms. The van der Waals surface area contributed by atoms with E-state index in [-0.39, 0.29) is 6.42 Å². The maximum absolute atomic E-state index is 11.4. The third-order valence-electron chi connectivity index (χ3n) is 2.27. The van der Waals surface area contributed by atoms with E-state index in [9.17, 15) is 4.79 Å². The van der Waals surface area contributed by atoms with Crippen LogP contribution >= 0.6 is 0 Å². The number of esters is 1. The van der Waals surface area contributed by atoms with Crippen molar-refractivity contribution in [3.8, 4) is 5.75 Å². The SMILES string of the molecule is COC(=O)C(Cc1ccccc1OC)N=[N+]=[N-]. The molecule has 0 saturated carbocycles. The summed E-state index contributed by atoms with van der Waals surface area (Å²) in [7, 11) is 2.80. The molecule has 6 heteroatoms.